The predicted molar refractivity (Wildman–Crippen MR) is 190 cm³/mol. The number of rotatable bonds is 10. The molecule has 0 aromatic heterocycles. The van der Waals surface area contributed by atoms with Crippen LogP contribution >= 0.6 is 0 Å². The lowest BCUT2D eigenvalue weighted by Gasteiger charge is -2.31. The molecule has 1 unspecified atom stereocenters. The molecule has 3 aliphatic rings. The van der Waals surface area contributed by atoms with Gasteiger partial charge in [0.05, 0.1) is 28.6 Å². The zero-order valence-electron chi connectivity index (χ0n) is 27.5. The van der Waals surface area contributed by atoms with Crippen LogP contribution in [0, 0.1) is 0 Å². The molecule has 0 radical (unpaired) electrons. The van der Waals surface area contributed by atoms with Crippen LogP contribution in [0.15, 0.2) is 155 Å². The molecular formula is C39H44N4O4. The summed E-state index contributed by atoms with van der Waals surface area (Å²) in [6.07, 6.45) is 19.0. The Balaban J connectivity index is 0.00000245. The number of carboxylic acids is 2. The summed E-state index contributed by atoms with van der Waals surface area (Å²) in [7, 11) is 3.75. The highest BCUT2D eigenvalue weighted by Gasteiger charge is 2.22. The van der Waals surface area contributed by atoms with Gasteiger partial charge >= 0.3 is 11.9 Å². The molecule has 0 saturated heterocycles. The van der Waals surface area contributed by atoms with Crippen LogP contribution in [0.25, 0.3) is 0 Å². The first kappa shape index (κ1) is 34.4. The Morgan fingerprint density at radius 1 is 0.957 bits per heavy atom. The SMILES string of the molecule is CC.CN1CC=C(C(=O)O)C=C1/C(N)=C/C(=C\CC1C=C(C2=CC=C(N(c3ccccc3)c3ccccc3)CC2)C=CN1C)C(=O)O. The summed E-state index contributed by atoms with van der Waals surface area (Å²) >= 11 is 0. The molecule has 2 heterocycles. The van der Waals surface area contributed by atoms with Gasteiger partial charge in [0.1, 0.15) is 0 Å². The zero-order valence-corrected chi connectivity index (χ0v) is 27.5. The minimum Gasteiger partial charge on any atom is -0.478 e. The predicted octanol–water partition coefficient (Wildman–Crippen LogP) is 7.29. The van der Waals surface area contributed by atoms with Crippen LogP contribution in [0.2, 0.25) is 0 Å². The van der Waals surface area contributed by atoms with Crippen LogP contribution < -0.4 is 10.6 Å². The fourth-order valence-corrected chi connectivity index (χ4v) is 5.63. The summed E-state index contributed by atoms with van der Waals surface area (Å²) in [4.78, 5) is 29.7. The summed E-state index contributed by atoms with van der Waals surface area (Å²) in [5, 5.41) is 19.3. The van der Waals surface area contributed by atoms with Gasteiger partial charge in [-0.05, 0) is 85.2 Å². The van der Waals surface area contributed by atoms with Gasteiger partial charge in [0.2, 0.25) is 0 Å². The lowest BCUT2D eigenvalue weighted by Crippen LogP contribution is -2.28. The Kier molecular flexibility index (Phi) is 11.8. The second-order valence-electron chi connectivity index (χ2n) is 11.2. The Morgan fingerprint density at radius 2 is 1.60 bits per heavy atom. The summed E-state index contributed by atoms with van der Waals surface area (Å²) < 4.78 is 0. The van der Waals surface area contributed by atoms with Crippen LogP contribution in [-0.2, 0) is 9.59 Å². The van der Waals surface area contributed by atoms with E-state index in [1.165, 1.54) is 23.4 Å². The molecule has 0 spiro atoms. The Bertz CT molecular complexity index is 1650. The van der Waals surface area contributed by atoms with Crippen molar-refractivity contribution < 1.29 is 19.8 Å². The molecule has 1 atom stereocenters. The second-order valence-corrected chi connectivity index (χ2v) is 11.2. The third-order valence-electron chi connectivity index (χ3n) is 8.17. The molecule has 0 saturated carbocycles. The maximum absolute atomic E-state index is 12.2. The van der Waals surface area contributed by atoms with E-state index in [1.54, 1.807) is 24.1 Å². The number of benzene rings is 2. The number of likely N-dealkylation sites (N-methyl/N-ethyl adjacent to an activating group) is 2. The fourth-order valence-electron chi connectivity index (χ4n) is 5.63. The minimum absolute atomic E-state index is 0.0523. The molecule has 2 aromatic carbocycles. The highest BCUT2D eigenvalue weighted by molar-refractivity contribution is 5.91. The summed E-state index contributed by atoms with van der Waals surface area (Å²) in [5.41, 5.74) is 12.9. The molecule has 47 heavy (non-hydrogen) atoms. The highest BCUT2D eigenvalue weighted by Crippen LogP contribution is 2.36. The lowest BCUT2D eigenvalue weighted by atomic mass is 9.91. The maximum Gasteiger partial charge on any atom is 0.335 e. The minimum atomic E-state index is -1.10. The number of hydrogen-bond donors (Lipinski definition) is 3. The van der Waals surface area contributed by atoms with Crippen LogP contribution in [0.1, 0.15) is 33.1 Å². The van der Waals surface area contributed by atoms with Crippen molar-refractivity contribution in [1.29, 1.82) is 0 Å². The number of hydrogen-bond acceptors (Lipinski definition) is 6. The molecule has 2 aliphatic heterocycles. The van der Waals surface area contributed by atoms with Crippen molar-refractivity contribution in [2.75, 3.05) is 25.5 Å². The van der Waals surface area contributed by atoms with Crippen LogP contribution in [0.4, 0.5) is 11.4 Å². The number of para-hydroxylation sites is 2. The average Bonchev–Trinajstić information content (AvgIpc) is 3.09. The van der Waals surface area contributed by atoms with Crippen LogP contribution in [-0.4, -0.2) is 58.6 Å². The number of allylic oxidation sites excluding steroid dienone is 6. The van der Waals surface area contributed by atoms with Gasteiger partial charge in [-0.15, -0.1) is 0 Å². The number of carboxylic acid groups (broad SMARTS) is 2. The first-order chi connectivity index (χ1) is 22.7. The van der Waals surface area contributed by atoms with Crippen molar-refractivity contribution in [2.24, 2.45) is 5.73 Å². The van der Waals surface area contributed by atoms with E-state index in [1.807, 2.05) is 39.2 Å². The molecule has 0 bridgehead atoms. The smallest absolute Gasteiger partial charge is 0.335 e. The van der Waals surface area contributed by atoms with Crippen molar-refractivity contribution in [3.63, 3.8) is 0 Å². The average molecular weight is 633 g/mol. The summed E-state index contributed by atoms with van der Waals surface area (Å²) in [5.74, 6) is -2.15. The van der Waals surface area contributed by atoms with Crippen LogP contribution in [0.5, 0.6) is 0 Å². The Morgan fingerprint density at radius 3 is 2.15 bits per heavy atom. The first-order valence-corrected chi connectivity index (χ1v) is 15.9. The largest absolute Gasteiger partial charge is 0.478 e. The second kappa shape index (κ2) is 16.2. The monoisotopic (exact) mass is 632 g/mol. The number of anilines is 2. The van der Waals surface area contributed by atoms with Crippen molar-refractivity contribution in [3.05, 3.63) is 155 Å². The topological polar surface area (TPSA) is 110 Å². The molecule has 8 heteroatoms. The van der Waals surface area contributed by atoms with Gasteiger partial charge in [0.15, 0.2) is 0 Å². The number of nitrogens with two attached hydrogens (primary N) is 1. The summed E-state index contributed by atoms with van der Waals surface area (Å²) in [6.45, 7) is 4.37. The number of carbonyl (C=O) groups is 2. The molecule has 244 valence electrons. The van der Waals surface area contributed by atoms with E-state index in [0.29, 0.717) is 18.7 Å². The van der Waals surface area contributed by atoms with E-state index in [4.69, 9.17) is 5.73 Å². The van der Waals surface area contributed by atoms with Crippen molar-refractivity contribution in [1.82, 2.24) is 9.80 Å². The summed E-state index contributed by atoms with van der Waals surface area (Å²) in [6, 6.07) is 20.7. The van der Waals surface area contributed by atoms with Gasteiger partial charge < -0.3 is 30.6 Å². The molecule has 4 N–H and O–H groups in total. The fraction of sp³-hybridized carbons (Fsp3) is 0.231. The Labute approximate surface area is 277 Å². The number of aliphatic carboxylic acids is 2. The van der Waals surface area contributed by atoms with E-state index in [-0.39, 0.29) is 22.9 Å². The van der Waals surface area contributed by atoms with E-state index < -0.39 is 11.9 Å². The van der Waals surface area contributed by atoms with Gasteiger partial charge in [-0.1, -0.05) is 74.5 Å². The van der Waals surface area contributed by atoms with E-state index in [9.17, 15) is 19.8 Å². The molecule has 2 aromatic rings. The van der Waals surface area contributed by atoms with Crippen molar-refractivity contribution in [2.45, 2.75) is 39.2 Å². The third kappa shape index (κ3) is 8.61. The molecule has 0 fully saturated rings. The van der Waals surface area contributed by atoms with Crippen LogP contribution in [0.3, 0.4) is 0 Å². The van der Waals surface area contributed by atoms with E-state index in [0.717, 1.165) is 29.8 Å². The molecular weight excluding hydrogens is 588 g/mol. The first-order valence-electron chi connectivity index (χ1n) is 15.9. The third-order valence-corrected chi connectivity index (χ3v) is 8.17. The molecule has 1 aliphatic carbocycles. The van der Waals surface area contributed by atoms with E-state index >= 15 is 0 Å². The molecule has 8 nitrogen and oxygen atoms in total. The molecule has 0 amide bonds. The molecule has 5 rings (SSSR count). The van der Waals surface area contributed by atoms with Crippen molar-refractivity contribution in [3.8, 4) is 0 Å². The maximum atomic E-state index is 12.2. The highest BCUT2D eigenvalue weighted by atomic mass is 16.4. The lowest BCUT2D eigenvalue weighted by molar-refractivity contribution is -0.133. The zero-order chi connectivity index (χ0) is 33.9. The van der Waals surface area contributed by atoms with Crippen molar-refractivity contribution >= 4 is 23.3 Å². The van der Waals surface area contributed by atoms with Gasteiger partial charge in [-0.3, -0.25) is 0 Å². The Hall–Kier alpha value is -5.50. The standard InChI is InChI=1S/C37H38N4O4.C2H6/c1-39-21-19-27(26-13-16-32(17-14-26)41(30-9-5-3-6-10-30)31-11-7-4-8-12-31)23-33(39)18-15-28(36(42)43)24-34(38)35-25-29(37(44)45)20-22-40(35)2;1-2/h3-13,15-16,19-21,23-25,33H,14,17-18,22,38H2,1-2H3,(H,42,43)(H,44,45);1-2H3/b28-15+,34-24-;. The quantitative estimate of drug-likeness (QED) is 0.185. The normalized spacial score (nSPS) is 18.1. The number of nitrogens with zero attached hydrogens (tertiary/aromatic N) is 3. The van der Waals surface area contributed by atoms with E-state index in [2.05, 4.69) is 82.6 Å². The van der Waals surface area contributed by atoms with Gasteiger partial charge in [0.25, 0.3) is 0 Å². The van der Waals surface area contributed by atoms with Gasteiger partial charge in [-0.25, -0.2) is 9.59 Å². The van der Waals surface area contributed by atoms with Gasteiger partial charge in [-0.2, -0.15) is 0 Å². The van der Waals surface area contributed by atoms with Gasteiger partial charge in [0, 0.05) is 37.7 Å².